The first-order valence-electron chi connectivity index (χ1n) is 22.1. The zero-order valence-corrected chi connectivity index (χ0v) is 40.2. The van der Waals surface area contributed by atoms with E-state index in [2.05, 4.69) is 21.3 Å². The first kappa shape index (κ1) is 53.3. The molecule has 0 heterocycles. The fraction of sp³-hybridized carbons (Fsp3) is 0.412. The number of hydrogen-bond acceptors (Lipinski definition) is 13. The topological polar surface area (TPSA) is 215 Å². The predicted molar refractivity (Wildman–Crippen MR) is 253 cm³/mol. The van der Waals surface area contributed by atoms with Crippen molar-refractivity contribution in [3.05, 3.63) is 119 Å². The van der Waals surface area contributed by atoms with Crippen molar-refractivity contribution >= 4 is 36.1 Å². The summed E-state index contributed by atoms with van der Waals surface area (Å²) in [5.74, 6) is -1.30. The van der Waals surface area contributed by atoms with Gasteiger partial charge in [0.15, 0.2) is 0 Å². The molecule has 0 saturated carbocycles. The number of rotatable bonds is 21. The number of amides is 4. The molecule has 4 rings (SSSR count). The SMILES string of the molecule is COC(=O)[C@H](Cc1cc(-c2ccc(OC)c(C[C@H](NC(=O)OCc3ccccc3)C(=O)N[C@@H](CCCNC(=O)OCc3ccccc3)C(=O)OC(C)(C)C)c2)ccc1OC)NC(=O)OC(C)(C)C. The lowest BCUT2D eigenvalue weighted by atomic mass is 9.95. The van der Waals surface area contributed by atoms with Crippen molar-refractivity contribution in [1.29, 1.82) is 0 Å². The maximum atomic E-state index is 14.4. The molecule has 4 aromatic carbocycles. The highest BCUT2D eigenvalue weighted by molar-refractivity contribution is 5.90. The molecule has 17 heteroatoms. The standard InChI is InChI=1S/C51H64N4O13/c1-50(2,3)67-46(58)39(21-16-26-52-47(59)65-31-33-17-12-10-13-18-33)53-44(56)40(54-48(60)66-32-34-19-14-11-15-20-34)29-37-27-35(22-24-42(37)62-7)36-23-25-43(63-8)38(28-36)30-41(45(57)64-9)55-49(61)68-51(4,5)6/h10-15,17-20,22-25,27-28,39-41H,16,21,26,29-32H2,1-9H3,(H,52,59)(H,53,56)(H,54,60)(H,55,61)/t39-,40-,41-/m0/s1. The summed E-state index contributed by atoms with van der Waals surface area (Å²) < 4.78 is 38.3. The molecule has 0 bridgehead atoms. The van der Waals surface area contributed by atoms with Crippen molar-refractivity contribution in [1.82, 2.24) is 21.3 Å². The molecule has 68 heavy (non-hydrogen) atoms. The minimum Gasteiger partial charge on any atom is -0.496 e. The Hall–Kier alpha value is -7.30. The maximum Gasteiger partial charge on any atom is 0.408 e. The van der Waals surface area contributed by atoms with Crippen molar-refractivity contribution in [2.45, 2.75) is 110 Å². The summed E-state index contributed by atoms with van der Waals surface area (Å²) in [7, 11) is 4.17. The van der Waals surface area contributed by atoms with Crippen LogP contribution in [-0.4, -0.2) is 93.3 Å². The van der Waals surface area contributed by atoms with Crippen LogP contribution >= 0.6 is 0 Å². The van der Waals surface area contributed by atoms with Crippen molar-refractivity contribution < 1.29 is 61.9 Å². The highest BCUT2D eigenvalue weighted by Gasteiger charge is 2.32. The van der Waals surface area contributed by atoms with Crippen LogP contribution in [0.5, 0.6) is 11.5 Å². The van der Waals surface area contributed by atoms with Crippen LogP contribution in [0, 0.1) is 0 Å². The third-order valence-electron chi connectivity index (χ3n) is 9.90. The summed E-state index contributed by atoms with van der Waals surface area (Å²) in [5.41, 5.74) is 2.21. The Balaban J connectivity index is 1.62. The molecule has 0 aromatic heterocycles. The van der Waals surface area contributed by atoms with E-state index in [0.29, 0.717) is 33.8 Å². The Morgan fingerprint density at radius 3 is 1.50 bits per heavy atom. The number of carbonyl (C=O) groups is 6. The van der Waals surface area contributed by atoms with E-state index >= 15 is 0 Å². The maximum absolute atomic E-state index is 14.4. The van der Waals surface area contributed by atoms with E-state index in [9.17, 15) is 28.8 Å². The van der Waals surface area contributed by atoms with Crippen LogP contribution in [0.25, 0.3) is 11.1 Å². The zero-order valence-electron chi connectivity index (χ0n) is 40.2. The summed E-state index contributed by atoms with van der Waals surface area (Å²) >= 11 is 0. The Morgan fingerprint density at radius 1 is 0.529 bits per heavy atom. The molecule has 0 saturated heterocycles. The first-order valence-corrected chi connectivity index (χ1v) is 22.1. The van der Waals surface area contributed by atoms with Gasteiger partial charge in [-0.1, -0.05) is 72.8 Å². The van der Waals surface area contributed by atoms with Gasteiger partial charge in [-0.25, -0.2) is 24.0 Å². The molecule has 0 unspecified atom stereocenters. The highest BCUT2D eigenvalue weighted by atomic mass is 16.6. The van der Waals surface area contributed by atoms with Gasteiger partial charge in [-0.15, -0.1) is 0 Å². The largest absolute Gasteiger partial charge is 0.496 e. The molecule has 0 aliphatic heterocycles. The van der Waals surface area contributed by atoms with E-state index in [1.165, 1.54) is 21.3 Å². The van der Waals surface area contributed by atoms with Crippen LogP contribution in [-0.2, 0) is 64.1 Å². The van der Waals surface area contributed by atoms with E-state index in [1.54, 1.807) is 102 Å². The van der Waals surface area contributed by atoms with Gasteiger partial charge in [-0.2, -0.15) is 0 Å². The molecular weight excluding hydrogens is 877 g/mol. The van der Waals surface area contributed by atoms with Gasteiger partial charge in [0.1, 0.15) is 54.0 Å². The van der Waals surface area contributed by atoms with Crippen LogP contribution in [0.2, 0.25) is 0 Å². The molecule has 4 aromatic rings. The van der Waals surface area contributed by atoms with Gasteiger partial charge >= 0.3 is 30.2 Å². The number of benzene rings is 4. The number of ether oxygens (including phenoxy) is 7. The van der Waals surface area contributed by atoms with E-state index in [-0.39, 0.29) is 45.4 Å². The molecule has 0 fully saturated rings. The van der Waals surface area contributed by atoms with Gasteiger partial charge in [0.2, 0.25) is 5.91 Å². The second kappa shape index (κ2) is 25.6. The highest BCUT2D eigenvalue weighted by Crippen LogP contribution is 2.32. The molecule has 0 radical (unpaired) electrons. The summed E-state index contributed by atoms with van der Waals surface area (Å²) in [6, 6.07) is 25.2. The van der Waals surface area contributed by atoms with Crippen molar-refractivity contribution in [3.8, 4) is 22.6 Å². The lowest BCUT2D eigenvalue weighted by Crippen LogP contribution is -2.53. The average molecular weight is 941 g/mol. The molecule has 0 spiro atoms. The molecule has 3 atom stereocenters. The quantitative estimate of drug-likeness (QED) is 0.0366. The number of esters is 2. The Morgan fingerprint density at radius 2 is 1.01 bits per heavy atom. The van der Waals surface area contributed by atoms with Gasteiger partial charge in [0, 0.05) is 19.4 Å². The van der Waals surface area contributed by atoms with Gasteiger partial charge in [0.05, 0.1) is 21.3 Å². The molecule has 17 nitrogen and oxygen atoms in total. The van der Waals surface area contributed by atoms with Crippen LogP contribution in [0.1, 0.15) is 76.6 Å². The van der Waals surface area contributed by atoms with Crippen LogP contribution in [0.3, 0.4) is 0 Å². The first-order chi connectivity index (χ1) is 32.3. The van der Waals surface area contributed by atoms with Crippen molar-refractivity contribution in [2.75, 3.05) is 27.9 Å². The third-order valence-corrected chi connectivity index (χ3v) is 9.90. The van der Waals surface area contributed by atoms with E-state index in [1.807, 2.05) is 36.4 Å². The lowest BCUT2D eigenvalue weighted by Gasteiger charge is -2.26. The Labute approximate surface area is 397 Å². The van der Waals surface area contributed by atoms with Crippen LogP contribution < -0.4 is 30.7 Å². The predicted octanol–water partition coefficient (Wildman–Crippen LogP) is 7.35. The van der Waals surface area contributed by atoms with Gasteiger partial charge in [-0.3, -0.25) is 4.79 Å². The lowest BCUT2D eigenvalue weighted by molar-refractivity contribution is -0.159. The second-order valence-electron chi connectivity index (χ2n) is 17.7. The number of nitrogens with one attached hydrogen (secondary N) is 4. The Kier molecular flexibility index (Phi) is 20.0. The smallest absolute Gasteiger partial charge is 0.408 e. The molecule has 4 amide bonds. The number of hydrogen-bond donors (Lipinski definition) is 4. The van der Waals surface area contributed by atoms with E-state index in [0.717, 1.165) is 11.1 Å². The third kappa shape index (κ3) is 18.2. The number of alkyl carbamates (subject to hydrolysis) is 3. The number of carbonyl (C=O) groups excluding carboxylic acids is 6. The summed E-state index contributed by atoms with van der Waals surface area (Å²) in [6.45, 7) is 10.3. The molecule has 366 valence electrons. The summed E-state index contributed by atoms with van der Waals surface area (Å²) in [6.07, 6.45) is -2.18. The van der Waals surface area contributed by atoms with Crippen LogP contribution in [0.4, 0.5) is 14.4 Å². The van der Waals surface area contributed by atoms with E-state index < -0.39 is 65.5 Å². The van der Waals surface area contributed by atoms with Gasteiger partial charge in [0.25, 0.3) is 0 Å². The van der Waals surface area contributed by atoms with Crippen LogP contribution in [0.15, 0.2) is 97.1 Å². The molecule has 4 N–H and O–H groups in total. The monoisotopic (exact) mass is 940 g/mol. The van der Waals surface area contributed by atoms with E-state index in [4.69, 9.17) is 33.2 Å². The minimum absolute atomic E-state index is 0.0174. The van der Waals surface area contributed by atoms with Crippen molar-refractivity contribution in [3.63, 3.8) is 0 Å². The number of methoxy groups -OCH3 is 3. The Bertz CT molecular complexity index is 2310. The van der Waals surface area contributed by atoms with Gasteiger partial charge < -0.3 is 54.4 Å². The molecular formula is C51H64N4O13. The zero-order chi connectivity index (χ0) is 49.9. The average Bonchev–Trinajstić information content (AvgIpc) is 3.29. The minimum atomic E-state index is -1.32. The summed E-state index contributed by atoms with van der Waals surface area (Å²) in [5, 5.41) is 10.7. The molecule has 0 aliphatic rings. The van der Waals surface area contributed by atoms with Crippen molar-refractivity contribution in [2.24, 2.45) is 0 Å². The normalized spacial score (nSPS) is 12.5. The molecule has 0 aliphatic carbocycles. The summed E-state index contributed by atoms with van der Waals surface area (Å²) in [4.78, 5) is 79.5. The second-order valence-corrected chi connectivity index (χ2v) is 17.7. The fourth-order valence-corrected chi connectivity index (χ4v) is 6.74. The van der Waals surface area contributed by atoms with Gasteiger partial charge in [-0.05, 0) is 112 Å². The fourth-order valence-electron chi connectivity index (χ4n) is 6.74.